The minimum absolute atomic E-state index is 0.0760. The van der Waals surface area contributed by atoms with Gasteiger partial charge in [0, 0.05) is 30.4 Å². The summed E-state index contributed by atoms with van der Waals surface area (Å²) in [6.07, 6.45) is 1.29. The van der Waals surface area contributed by atoms with E-state index in [-0.39, 0.29) is 18.2 Å². The van der Waals surface area contributed by atoms with Crippen molar-refractivity contribution in [3.63, 3.8) is 0 Å². The lowest BCUT2D eigenvalue weighted by Crippen LogP contribution is -2.64. The highest BCUT2D eigenvalue weighted by atomic mass is 16.6. The summed E-state index contributed by atoms with van der Waals surface area (Å²) >= 11 is 0. The number of rotatable bonds is 4. The van der Waals surface area contributed by atoms with Crippen molar-refractivity contribution < 1.29 is 37.8 Å². The molecule has 0 amide bonds. The molecular formula is C29H32O8. The third-order valence-electron chi connectivity index (χ3n) is 8.97. The van der Waals surface area contributed by atoms with Crippen LogP contribution in [0, 0.1) is 28.6 Å². The van der Waals surface area contributed by atoms with E-state index in [0.29, 0.717) is 25.0 Å². The number of cyclic esters (lactones) is 1. The fourth-order valence-electron chi connectivity index (χ4n) is 7.39. The van der Waals surface area contributed by atoms with E-state index in [1.165, 1.54) is 14.0 Å². The molecule has 0 unspecified atom stereocenters. The fraction of sp³-hybridized carbons (Fsp3) is 0.517. The van der Waals surface area contributed by atoms with Crippen LogP contribution in [0.1, 0.15) is 58.1 Å². The molecule has 3 fully saturated rings. The maximum Gasteiger partial charge on any atom is 0.310 e. The van der Waals surface area contributed by atoms with Gasteiger partial charge >= 0.3 is 17.9 Å². The number of furan rings is 1. The van der Waals surface area contributed by atoms with E-state index < -0.39 is 52.7 Å². The summed E-state index contributed by atoms with van der Waals surface area (Å²) in [5, 5.41) is 0. The summed E-state index contributed by atoms with van der Waals surface area (Å²) in [6, 6.07) is 11.4. The van der Waals surface area contributed by atoms with Crippen molar-refractivity contribution in [1.82, 2.24) is 0 Å². The monoisotopic (exact) mass is 508 g/mol. The van der Waals surface area contributed by atoms with Gasteiger partial charge in [-0.3, -0.25) is 19.2 Å². The van der Waals surface area contributed by atoms with Crippen LogP contribution < -0.4 is 0 Å². The zero-order chi connectivity index (χ0) is 26.5. The predicted molar refractivity (Wildman–Crippen MR) is 131 cm³/mol. The van der Waals surface area contributed by atoms with Crippen LogP contribution in [-0.4, -0.2) is 36.9 Å². The molecule has 1 aromatic carbocycles. The van der Waals surface area contributed by atoms with Gasteiger partial charge in [-0.25, -0.2) is 0 Å². The SMILES string of the molecule is COC(=O)[C@@H]1C[C@H](OC(C)=O)C(=O)[C@@H]2[C@@]3(C)C[C@@H](c4ccoc4-c4ccccc4)OC(=O)[C@H]3CC[C@]21C. The molecule has 8 nitrogen and oxygen atoms in total. The molecule has 2 saturated carbocycles. The molecule has 2 heterocycles. The van der Waals surface area contributed by atoms with Crippen LogP contribution in [0.25, 0.3) is 11.3 Å². The first kappa shape index (κ1) is 25.2. The smallest absolute Gasteiger partial charge is 0.310 e. The van der Waals surface area contributed by atoms with Crippen molar-refractivity contribution in [2.24, 2.45) is 28.6 Å². The van der Waals surface area contributed by atoms with Crippen molar-refractivity contribution in [2.75, 3.05) is 7.11 Å². The van der Waals surface area contributed by atoms with Gasteiger partial charge in [0.25, 0.3) is 0 Å². The van der Waals surface area contributed by atoms with Gasteiger partial charge in [0.05, 0.1) is 25.2 Å². The minimum atomic E-state index is -1.07. The molecule has 3 aliphatic rings. The second-order valence-corrected chi connectivity index (χ2v) is 11.0. The molecule has 8 heteroatoms. The molecule has 196 valence electrons. The molecule has 0 radical (unpaired) electrons. The zero-order valence-electron chi connectivity index (χ0n) is 21.5. The summed E-state index contributed by atoms with van der Waals surface area (Å²) in [5.41, 5.74) is -0.00244. The first-order chi connectivity index (χ1) is 17.6. The van der Waals surface area contributed by atoms with Gasteiger partial charge in [-0.15, -0.1) is 0 Å². The number of ether oxygens (including phenoxy) is 3. The number of carbonyl (C=O) groups excluding carboxylic acids is 4. The Labute approximate surface area is 215 Å². The van der Waals surface area contributed by atoms with Crippen molar-refractivity contribution >= 4 is 23.7 Å². The molecule has 0 bridgehead atoms. The van der Waals surface area contributed by atoms with Gasteiger partial charge < -0.3 is 18.6 Å². The van der Waals surface area contributed by atoms with Crippen LogP contribution in [-0.2, 0) is 33.4 Å². The maximum absolute atomic E-state index is 14.0. The Morgan fingerprint density at radius 2 is 1.78 bits per heavy atom. The number of ketones is 1. The van der Waals surface area contributed by atoms with Crippen LogP contribution in [0.15, 0.2) is 47.1 Å². The van der Waals surface area contributed by atoms with Gasteiger partial charge in [-0.1, -0.05) is 44.2 Å². The molecular weight excluding hydrogens is 476 g/mol. The number of hydrogen-bond donors (Lipinski definition) is 0. The largest absolute Gasteiger partial charge is 0.469 e. The summed E-state index contributed by atoms with van der Waals surface area (Å²) in [5.74, 6) is -2.89. The Morgan fingerprint density at radius 1 is 1.05 bits per heavy atom. The first-order valence-corrected chi connectivity index (χ1v) is 12.7. The summed E-state index contributed by atoms with van der Waals surface area (Å²) in [4.78, 5) is 52.3. The van der Waals surface area contributed by atoms with Gasteiger partial charge in [0.15, 0.2) is 11.9 Å². The van der Waals surface area contributed by atoms with Crippen molar-refractivity contribution in [2.45, 2.75) is 58.7 Å². The average Bonchev–Trinajstić information content (AvgIpc) is 3.35. The minimum Gasteiger partial charge on any atom is -0.469 e. The number of methoxy groups -OCH3 is 1. The van der Waals surface area contributed by atoms with Gasteiger partial charge in [-0.05, 0) is 36.2 Å². The number of Topliss-reactive ketones (excluding diaryl/α,β-unsaturated/α-hetero) is 1. The lowest BCUT2D eigenvalue weighted by Gasteiger charge is -2.61. The maximum atomic E-state index is 14.0. The van der Waals surface area contributed by atoms with Gasteiger partial charge in [-0.2, -0.15) is 0 Å². The second kappa shape index (κ2) is 9.15. The Morgan fingerprint density at radius 3 is 2.46 bits per heavy atom. The predicted octanol–water partition coefficient (Wildman–Crippen LogP) is 4.67. The van der Waals surface area contributed by atoms with Crippen LogP contribution in [0.2, 0.25) is 0 Å². The first-order valence-electron chi connectivity index (χ1n) is 12.7. The Bertz CT molecular complexity index is 1230. The average molecular weight is 509 g/mol. The Kier molecular flexibility index (Phi) is 6.24. The second-order valence-electron chi connectivity index (χ2n) is 11.0. The molecule has 1 saturated heterocycles. The van der Waals surface area contributed by atoms with Crippen molar-refractivity contribution in [3.05, 3.63) is 48.2 Å². The van der Waals surface area contributed by atoms with E-state index in [2.05, 4.69) is 0 Å². The van der Waals surface area contributed by atoms with E-state index in [1.54, 1.807) is 12.3 Å². The topological polar surface area (TPSA) is 109 Å². The van der Waals surface area contributed by atoms with E-state index >= 15 is 0 Å². The summed E-state index contributed by atoms with van der Waals surface area (Å²) < 4.78 is 22.3. The molecule has 0 N–H and O–H groups in total. The number of hydrogen-bond acceptors (Lipinski definition) is 8. The lowest BCUT2D eigenvalue weighted by atomic mass is 9.43. The lowest BCUT2D eigenvalue weighted by molar-refractivity contribution is -0.210. The third-order valence-corrected chi connectivity index (χ3v) is 8.97. The quantitative estimate of drug-likeness (QED) is 0.433. The third kappa shape index (κ3) is 3.97. The molecule has 1 aromatic heterocycles. The highest BCUT2D eigenvalue weighted by Crippen LogP contribution is 2.65. The number of carbonyl (C=O) groups is 4. The van der Waals surface area contributed by atoms with E-state index in [9.17, 15) is 19.2 Å². The Hall–Kier alpha value is -3.42. The molecule has 1 aliphatic heterocycles. The summed E-state index contributed by atoms with van der Waals surface area (Å²) in [6.45, 7) is 5.13. The molecule has 37 heavy (non-hydrogen) atoms. The number of benzene rings is 1. The van der Waals surface area contributed by atoms with Crippen LogP contribution >= 0.6 is 0 Å². The van der Waals surface area contributed by atoms with Crippen molar-refractivity contribution in [1.29, 1.82) is 0 Å². The van der Waals surface area contributed by atoms with E-state index in [0.717, 1.165) is 11.1 Å². The van der Waals surface area contributed by atoms with Gasteiger partial charge in [0.1, 0.15) is 11.9 Å². The van der Waals surface area contributed by atoms with Crippen LogP contribution in [0.4, 0.5) is 0 Å². The summed E-state index contributed by atoms with van der Waals surface area (Å²) in [7, 11) is 1.32. The number of esters is 3. The van der Waals surface area contributed by atoms with Crippen LogP contribution in [0.3, 0.4) is 0 Å². The highest BCUT2D eigenvalue weighted by molar-refractivity contribution is 5.93. The molecule has 0 spiro atoms. The zero-order valence-corrected chi connectivity index (χ0v) is 21.5. The fourth-order valence-corrected chi connectivity index (χ4v) is 7.39. The molecule has 7 atom stereocenters. The van der Waals surface area contributed by atoms with E-state index in [4.69, 9.17) is 18.6 Å². The highest BCUT2D eigenvalue weighted by Gasteiger charge is 2.67. The van der Waals surface area contributed by atoms with Crippen molar-refractivity contribution in [3.8, 4) is 11.3 Å². The molecule has 2 aliphatic carbocycles. The standard InChI is InChI=1S/C29H32O8/c1-16(30)36-21-14-20(26(32)34-4)28(2)12-10-19-27(33)37-22(15-29(19,3)25(28)23(21)31)18-11-13-35-24(18)17-8-6-5-7-9-17/h5-9,11,13,19-22,25H,10,12,14-15H2,1-4H3/t19-,20+,21+,22+,25+,28+,29+/m1/s1. The van der Waals surface area contributed by atoms with Gasteiger partial charge in [0.2, 0.25) is 0 Å². The Balaban J connectivity index is 1.58. The number of fused-ring (bicyclic) bond motifs is 3. The normalized spacial score (nSPS) is 35.1. The molecule has 5 rings (SSSR count). The van der Waals surface area contributed by atoms with E-state index in [1.807, 2.05) is 44.2 Å². The molecule has 2 aromatic rings. The van der Waals surface area contributed by atoms with Crippen LogP contribution in [0.5, 0.6) is 0 Å².